The Morgan fingerprint density at radius 1 is 1.23 bits per heavy atom. The maximum Gasteiger partial charge on any atom is 0.417 e. The van der Waals surface area contributed by atoms with E-state index in [0.29, 0.717) is 25.2 Å². The molecule has 2 aromatic rings. The van der Waals surface area contributed by atoms with Crippen molar-refractivity contribution in [3.8, 4) is 6.07 Å². The van der Waals surface area contributed by atoms with Crippen molar-refractivity contribution in [3.05, 3.63) is 64.8 Å². The number of aromatic nitrogens is 1. The zero-order valence-corrected chi connectivity index (χ0v) is 14.0. The molecule has 1 aromatic heterocycles. The lowest BCUT2D eigenvalue weighted by Gasteiger charge is -2.14. The number of nitriles is 1. The summed E-state index contributed by atoms with van der Waals surface area (Å²) in [5.74, 6) is 0. The summed E-state index contributed by atoms with van der Waals surface area (Å²) in [6.45, 7) is 0.500. The number of rotatable bonds is 3. The number of nitrogens with zero attached hydrogens (tertiary/aromatic N) is 3. The number of benzene rings is 1. The highest BCUT2D eigenvalue weighted by Gasteiger charge is 2.32. The lowest BCUT2D eigenvalue weighted by Crippen LogP contribution is -2.16. The Balaban J connectivity index is 1.96. The molecule has 0 N–H and O–H groups in total. The van der Waals surface area contributed by atoms with Crippen LogP contribution in [0, 0.1) is 11.3 Å². The minimum absolute atomic E-state index is 0.438. The molecule has 2 heterocycles. The molecule has 3 rings (SSSR count). The molecule has 0 fully saturated rings. The number of halogens is 3. The number of hydrogen-bond donors (Lipinski definition) is 0. The van der Waals surface area contributed by atoms with Gasteiger partial charge in [-0.1, -0.05) is 18.2 Å². The SMILES string of the molecule is N#C/C(=C\N1CCc2ccccc21)S(=O)(=O)c1ccc(C(F)(F)F)cn1. The molecule has 26 heavy (non-hydrogen) atoms. The Hall–Kier alpha value is -2.86. The van der Waals surface area contributed by atoms with Gasteiger partial charge in [-0.25, -0.2) is 13.4 Å². The van der Waals surface area contributed by atoms with E-state index in [1.807, 2.05) is 12.1 Å². The summed E-state index contributed by atoms with van der Waals surface area (Å²) in [5.41, 5.74) is 0.745. The summed E-state index contributed by atoms with van der Waals surface area (Å²) >= 11 is 0. The molecule has 0 amide bonds. The minimum atomic E-state index is -4.62. The Bertz CT molecular complexity index is 1010. The summed E-state index contributed by atoms with van der Waals surface area (Å²) in [4.78, 5) is 4.44. The highest BCUT2D eigenvalue weighted by molar-refractivity contribution is 7.95. The standard InChI is InChI=1S/C17H12F3N3O2S/c18-17(19,20)13-5-6-16(22-10-13)26(24,25)14(9-21)11-23-8-7-12-3-1-2-4-15(12)23/h1-6,10-11H,7-8H2/b14-11+. The van der Waals surface area contributed by atoms with Gasteiger partial charge in [0.2, 0.25) is 9.84 Å². The maximum atomic E-state index is 12.6. The number of para-hydroxylation sites is 1. The number of anilines is 1. The largest absolute Gasteiger partial charge is 0.417 e. The first-order valence-corrected chi connectivity index (χ1v) is 8.96. The van der Waals surface area contributed by atoms with Crippen molar-refractivity contribution in [2.75, 3.05) is 11.4 Å². The van der Waals surface area contributed by atoms with Crippen LogP contribution in [0.2, 0.25) is 0 Å². The zero-order chi connectivity index (χ0) is 18.9. The Morgan fingerprint density at radius 2 is 1.96 bits per heavy atom. The van der Waals surface area contributed by atoms with Gasteiger partial charge in [0, 0.05) is 24.6 Å². The van der Waals surface area contributed by atoms with Crippen molar-refractivity contribution in [1.29, 1.82) is 5.26 Å². The monoisotopic (exact) mass is 379 g/mol. The lowest BCUT2D eigenvalue weighted by atomic mass is 10.2. The van der Waals surface area contributed by atoms with E-state index in [0.717, 1.165) is 17.3 Å². The smallest absolute Gasteiger partial charge is 0.345 e. The molecule has 0 spiro atoms. The van der Waals surface area contributed by atoms with E-state index in [1.165, 1.54) is 6.20 Å². The van der Waals surface area contributed by atoms with E-state index in [9.17, 15) is 26.9 Å². The first kappa shape index (κ1) is 17.9. The van der Waals surface area contributed by atoms with Gasteiger partial charge in [-0.3, -0.25) is 0 Å². The van der Waals surface area contributed by atoms with Crippen molar-refractivity contribution < 1.29 is 21.6 Å². The van der Waals surface area contributed by atoms with E-state index in [1.54, 1.807) is 23.1 Å². The van der Waals surface area contributed by atoms with Crippen molar-refractivity contribution >= 4 is 15.5 Å². The van der Waals surface area contributed by atoms with Gasteiger partial charge in [0.05, 0.1) is 5.56 Å². The average molecular weight is 379 g/mol. The molecule has 1 aliphatic heterocycles. The molecule has 0 saturated heterocycles. The molecule has 0 aliphatic carbocycles. The highest BCUT2D eigenvalue weighted by atomic mass is 32.2. The van der Waals surface area contributed by atoms with E-state index >= 15 is 0 Å². The number of pyridine rings is 1. The fourth-order valence-electron chi connectivity index (χ4n) is 2.62. The van der Waals surface area contributed by atoms with Crippen LogP contribution >= 0.6 is 0 Å². The minimum Gasteiger partial charge on any atom is -0.345 e. The predicted octanol–water partition coefficient (Wildman–Crippen LogP) is 3.30. The first-order valence-electron chi connectivity index (χ1n) is 7.48. The van der Waals surface area contributed by atoms with Crippen LogP contribution in [-0.4, -0.2) is 19.9 Å². The molecule has 0 unspecified atom stereocenters. The number of sulfone groups is 1. The summed E-state index contributed by atoms with van der Waals surface area (Å²) in [7, 11) is -4.32. The second kappa shape index (κ2) is 6.46. The molecule has 134 valence electrons. The van der Waals surface area contributed by atoms with Gasteiger partial charge in [0.25, 0.3) is 0 Å². The Morgan fingerprint density at radius 3 is 2.58 bits per heavy atom. The van der Waals surface area contributed by atoms with Crippen LogP contribution in [0.4, 0.5) is 18.9 Å². The van der Waals surface area contributed by atoms with E-state index in [2.05, 4.69) is 4.98 Å². The van der Waals surface area contributed by atoms with E-state index in [-0.39, 0.29) is 0 Å². The third-order valence-corrected chi connectivity index (χ3v) is 5.50. The van der Waals surface area contributed by atoms with Gasteiger partial charge in [-0.05, 0) is 30.2 Å². The topological polar surface area (TPSA) is 74.1 Å². The Kier molecular flexibility index (Phi) is 4.46. The van der Waals surface area contributed by atoms with Crippen LogP contribution < -0.4 is 4.90 Å². The number of hydrogen-bond acceptors (Lipinski definition) is 5. The van der Waals surface area contributed by atoms with Crippen LogP contribution in [0.25, 0.3) is 0 Å². The summed E-state index contributed by atoms with van der Waals surface area (Å²) in [5, 5.41) is 8.68. The van der Waals surface area contributed by atoms with Crippen LogP contribution in [0.3, 0.4) is 0 Å². The van der Waals surface area contributed by atoms with Crippen molar-refractivity contribution in [3.63, 3.8) is 0 Å². The second-order valence-electron chi connectivity index (χ2n) is 5.56. The molecular weight excluding hydrogens is 367 g/mol. The fourth-order valence-corrected chi connectivity index (χ4v) is 3.67. The quantitative estimate of drug-likeness (QED) is 0.765. The van der Waals surface area contributed by atoms with E-state index in [4.69, 9.17) is 0 Å². The van der Waals surface area contributed by atoms with Crippen LogP contribution in [0.1, 0.15) is 11.1 Å². The van der Waals surface area contributed by atoms with Gasteiger partial charge < -0.3 is 4.90 Å². The van der Waals surface area contributed by atoms with Gasteiger partial charge in [0.15, 0.2) is 9.93 Å². The first-order chi connectivity index (χ1) is 12.2. The molecule has 0 radical (unpaired) electrons. The number of fused-ring (bicyclic) bond motifs is 1. The van der Waals surface area contributed by atoms with Gasteiger partial charge >= 0.3 is 6.18 Å². The van der Waals surface area contributed by atoms with Crippen molar-refractivity contribution in [1.82, 2.24) is 4.98 Å². The average Bonchev–Trinajstić information content (AvgIpc) is 3.02. The third kappa shape index (κ3) is 3.28. The number of allylic oxidation sites excluding steroid dienone is 1. The zero-order valence-electron chi connectivity index (χ0n) is 13.2. The third-order valence-electron chi connectivity index (χ3n) is 3.93. The summed E-state index contributed by atoms with van der Waals surface area (Å²) < 4.78 is 62.9. The van der Waals surface area contributed by atoms with Gasteiger partial charge in [-0.15, -0.1) is 0 Å². The predicted molar refractivity (Wildman–Crippen MR) is 87.6 cm³/mol. The maximum absolute atomic E-state index is 12.6. The fraction of sp³-hybridized carbons (Fsp3) is 0.176. The van der Waals surface area contributed by atoms with Crippen LogP contribution in [0.5, 0.6) is 0 Å². The molecule has 5 nitrogen and oxygen atoms in total. The van der Waals surface area contributed by atoms with Gasteiger partial charge in [-0.2, -0.15) is 18.4 Å². The molecule has 0 saturated carbocycles. The normalized spacial score (nSPS) is 14.8. The molecular formula is C17H12F3N3O2S. The van der Waals surface area contributed by atoms with Crippen molar-refractivity contribution in [2.45, 2.75) is 17.6 Å². The van der Waals surface area contributed by atoms with Gasteiger partial charge in [0.1, 0.15) is 6.07 Å². The second-order valence-corrected chi connectivity index (χ2v) is 7.43. The molecule has 9 heteroatoms. The van der Waals surface area contributed by atoms with Crippen LogP contribution in [-0.2, 0) is 22.4 Å². The molecule has 1 aliphatic rings. The molecule has 0 bridgehead atoms. The van der Waals surface area contributed by atoms with Crippen LogP contribution in [0.15, 0.2) is 58.7 Å². The highest BCUT2D eigenvalue weighted by Crippen LogP contribution is 2.31. The summed E-state index contributed by atoms with van der Waals surface area (Å²) in [6.07, 6.45) is -2.29. The van der Waals surface area contributed by atoms with Crippen molar-refractivity contribution in [2.24, 2.45) is 0 Å². The number of alkyl halides is 3. The molecule has 0 atom stereocenters. The Labute approximate surface area is 147 Å². The lowest BCUT2D eigenvalue weighted by molar-refractivity contribution is -0.137. The van der Waals surface area contributed by atoms with E-state index < -0.39 is 31.5 Å². The summed E-state index contributed by atoms with van der Waals surface area (Å²) in [6, 6.07) is 10.4. The molecule has 1 aromatic carbocycles.